The number of hydrogen-bond acceptors (Lipinski definition) is 6. The van der Waals surface area contributed by atoms with Crippen LogP contribution < -0.4 is 15.5 Å². The molecule has 0 unspecified atom stereocenters. The predicted octanol–water partition coefficient (Wildman–Crippen LogP) is 0.0870. The van der Waals surface area contributed by atoms with Gasteiger partial charge in [0.15, 0.2) is 0 Å². The summed E-state index contributed by atoms with van der Waals surface area (Å²) in [4.78, 5) is 10.9. The number of ether oxygens (including phenoxy) is 1. The molecule has 1 atom stereocenters. The average Bonchev–Trinajstić information content (AvgIpc) is 2.93. The Labute approximate surface area is 107 Å². The Morgan fingerprint density at radius 2 is 2.22 bits per heavy atom. The Bertz CT molecular complexity index is 388. The van der Waals surface area contributed by atoms with Gasteiger partial charge in [0.25, 0.3) is 0 Å². The molecule has 98 valence electrons. The summed E-state index contributed by atoms with van der Waals surface area (Å²) in [6.07, 6.45) is 2.78. The molecule has 0 aromatic carbocycles. The summed E-state index contributed by atoms with van der Waals surface area (Å²) in [5, 5.41) is 6.79. The summed E-state index contributed by atoms with van der Waals surface area (Å²) in [6, 6.07) is 2.52. The number of hydrogen-bond donors (Lipinski definition) is 2. The minimum Gasteiger partial charge on any atom is -0.378 e. The Morgan fingerprint density at radius 1 is 1.33 bits per heavy atom. The van der Waals surface area contributed by atoms with E-state index < -0.39 is 0 Å². The van der Waals surface area contributed by atoms with Crippen LogP contribution in [0.25, 0.3) is 0 Å². The predicted molar refractivity (Wildman–Crippen MR) is 70.0 cm³/mol. The third-order valence-electron chi connectivity index (χ3n) is 3.40. The number of rotatable bonds is 3. The largest absolute Gasteiger partial charge is 0.378 e. The SMILES string of the molecule is c1nc(N[C@@H]2CCNC2)cc(N2CCOCC2)n1. The summed E-state index contributed by atoms with van der Waals surface area (Å²) in [5.74, 6) is 1.90. The second kappa shape index (κ2) is 5.49. The molecule has 0 saturated carbocycles. The Morgan fingerprint density at radius 3 is 3.00 bits per heavy atom. The van der Waals surface area contributed by atoms with E-state index in [1.807, 2.05) is 6.07 Å². The first-order valence-corrected chi connectivity index (χ1v) is 6.54. The van der Waals surface area contributed by atoms with Crippen molar-refractivity contribution in [2.75, 3.05) is 49.6 Å². The molecule has 2 N–H and O–H groups in total. The van der Waals surface area contributed by atoms with Crippen molar-refractivity contribution in [2.45, 2.75) is 12.5 Å². The van der Waals surface area contributed by atoms with E-state index in [1.165, 1.54) is 0 Å². The molecule has 1 aromatic rings. The van der Waals surface area contributed by atoms with Gasteiger partial charge < -0.3 is 20.3 Å². The summed E-state index contributed by atoms with van der Waals surface area (Å²) < 4.78 is 5.35. The summed E-state index contributed by atoms with van der Waals surface area (Å²) >= 11 is 0. The molecule has 0 aliphatic carbocycles. The molecule has 1 aromatic heterocycles. The second-order valence-electron chi connectivity index (χ2n) is 4.69. The summed E-state index contributed by atoms with van der Waals surface area (Å²) in [6.45, 7) is 5.46. The molecule has 3 heterocycles. The van der Waals surface area contributed by atoms with E-state index in [-0.39, 0.29) is 0 Å². The first-order valence-electron chi connectivity index (χ1n) is 6.54. The molecule has 3 rings (SSSR count). The van der Waals surface area contributed by atoms with Crippen LogP contribution in [0.1, 0.15) is 6.42 Å². The molecule has 0 amide bonds. The van der Waals surface area contributed by atoms with E-state index in [0.29, 0.717) is 6.04 Å². The van der Waals surface area contributed by atoms with Crippen LogP contribution in [0.4, 0.5) is 11.6 Å². The minimum atomic E-state index is 0.484. The normalized spacial score (nSPS) is 24.2. The minimum absolute atomic E-state index is 0.484. The van der Waals surface area contributed by atoms with Crippen molar-refractivity contribution in [1.82, 2.24) is 15.3 Å². The lowest BCUT2D eigenvalue weighted by Gasteiger charge is -2.28. The van der Waals surface area contributed by atoms with Crippen LogP contribution in [0.3, 0.4) is 0 Å². The zero-order valence-electron chi connectivity index (χ0n) is 10.4. The lowest BCUT2D eigenvalue weighted by molar-refractivity contribution is 0.122. The number of anilines is 2. The van der Waals surface area contributed by atoms with Crippen LogP contribution in [0.5, 0.6) is 0 Å². The zero-order chi connectivity index (χ0) is 12.2. The van der Waals surface area contributed by atoms with Crippen molar-refractivity contribution in [3.63, 3.8) is 0 Å². The first-order chi connectivity index (χ1) is 8.92. The van der Waals surface area contributed by atoms with Crippen molar-refractivity contribution in [3.8, 4) is 0 Å². The topological polar surface area (TPSA) is 62.3 Å². The third kappa shape index (κ3) is 2.70. The smallest absolute Gasteiger partial charge is 0.134 e. The van der Waals surface area contributed by atoms with Crippen LogP contribution in [-0.4, -0.2) is 55.4 Å². The van der Waals surface area contributed by atoms with Gasteiger partial charge in [-0.2, -0.15) is 0 Å². The van der Waals surface area contributed by atoms with E-state index in [2.05, 4.69) is 25.5 Å². The molecule has 2 aliphatic rings. The molecule has 0 radical (unpaired) electrons. The first kappa shape index (κ1) is 11.7. The van der Waals surface area contributed by atoms with Crippen molar-refractivity contribution < 1.29 is 4.74 Å². The van der Waals surface area contributed by atoms with E-state index in [0.717, 1.165) is 57.4 Å². The highest BCUT2D eigenvalue weighted by atomic mass is 16.5. The maximum atomic E-state index is 5.35. The standard InChI is InChI=1S/C12H19N5O/c1-2-13-8-10(1)16-11-7-12(15-9-14-11)17-3-5-18-6-4-17/h7,9-10,13H,1-6,8H2,(H,14,15,16)/t10-/m1/s1. The van der Waals surface area contributed by atoms with Crippen LogP contribution in [0.2, 0.25) is 0 Å². The molecule has 0 spiro atoms. The Kier molecular flexibility index (Phi) is 3.56. The molecule has 2 fully saturated rings. The highest BCUT2D eigenvalue weighted by Gasteiger charge is 2.16. The second-order valence-corrected chi connectivity index (χ2v) is 4.69. The van der Waals surface area contributed by atoms with E-state index in [1.54, 1.807) is 6.33 Å². The van der Waals surface area contributed by atoms with Gasteiger partial charge in [0.1, 0.15) is 18.0 Å². The average molecular weight is 249 g/mol. The highest BCUT2D eigenvalue weighted by molar-refractivity contribution is 5.49. The van der Waals surface area contributed by atoms with Crippen LogP contribution in [-0.2, 0) is 4.74 Å². The molecule has 2 aliphatic heterocycles. The third-order valence-corrected chi connectivity index (χ3v) is 3.40. The van der Waals surface area contributed by atoms with Crippen molar-refractivity contribution in [3.05, 3.63) is 12.4 Å². The fourth-order valence-corrected chi connectivity index (χ4v) is 2.38. The van der Waals surface area contributed by atoms with Gasteiger partial charge in [-0.15, -0.1) is 0 Å². The fourth-order valence-electron chi connectivity index (χ4n) is 2.38. The molecule has 6 nitrogen and oxygen atoms in total. The molecular formula is C12H19N5O. The van der Waals surface area contributed by atoms with Crippen molar-refractivity contribution in [1.29, 1.82) is 0 Å². The molecule has 6 heteroatoms. The van der Waals surface area contributed by atoms with E-state index in [4.69, 9.17) is 4.74 Å². The number of nitrogens with one attached hydrogen (secondary N) is 2. The summed E-state index contributed by atoms with van der Waals surface area (Å²) in [7, 11) is 0. The van der Waals surface area contributed by atoms with Gasteiger partial charge in [-0.3, -0.25) is 0 Å². The van der Waals surface area contributed by atoms with Crippen LogP contribution in [0, 0.1) is 0 Å². The van der Waals surface area contributed by atoms with Gasteiger partial charge in [-0.05, 0) is 13.0 Å². The van der Waals surface area contributed by atoms with Gasteiger partial charge in [0, 0.05) is 31.7 Å². The fraction of sp³-hybridized carbons (Fsp3) is 0.667. The number of aromatic nitrogens is 2. The van der Waals surface area contributed by atoms with Gasteiger partial charge in [0.2, 0.25) is 0 Å². The molecule has 0 bridgehead atoms. The quantitative estimate of drug-likeness (QED) is 0.791. The van der Waals surface area contributed by atoms with Gasteiger partial charge in [-0.1, -0.05) is 0 Å². The van der Waals surface area contributed by atoms with E-state index in [9.17, 15) is 0 Å². The summed E-state index contributed by atoms with van der Waals surface area (Å²) in [5.41, 5.74) is 0. The molecular weight excluding hydrogens is 230 g/mol. The molecule has 18 heavy (non-hydrogen) atoms. The van der Waals surface area contributed by atoms with Crippen molar-refractivity contribution in [2.24, 2.45) is 0 Å². The maximum absolute atomic E-state index is 5.35. The zero-order valence-corrected chi connectivity index (χ0v) is 10.4. The van der Waals surface area contributed by atoms with Crippen molar-refractivity contribution >= 4 is 11.6 Å². The van der Waals surface area contributed by atoms with Gasteiger partial charge in [-0.25, -0.2) is 9.97 Å². The van der Waals surface area contributed by atoms with Crippen LogP contribution >= 0.6 is 0 Å². The number of nitrogens with zero attached hydrogens (tertiary/aromatic N) is 3. The van der Waals surface area contributed by atoms with Gasteiger partial charge in [0.05, 0.1) is 13.2 Å². The Hall–Kier alpha value is -1.40. The monoisotopic (exact) mass is 249 g/mol. The van der Waals surface area contributed by atoms with Crippen LogP contribution in [0.15, 0.2) is 12.4 Å². The number of morpholine rings is 1. The molecule has 2 saturated heterocycles. The van der Waals surface area contributed by atoms with Gasteiger partial charge >= 0.3 is 0 Å². The lowest BCUT2D eigenvalue weighted by Crippen LogP contribution is -2.36. The maximum Gasteiger partial charge on any atom is 0.134 e. The van der Waals surface area contributed by atoms with E-state index >= 15 is 0 Å². The lowest BCUT2D eigenvalue weighted by atomic mass is 10.2. The Balaban J connectivity index is 1.67. The highest BCUT2D eigenvalue weighted by Crippen LogP contribution is 2.16.